The van der Waals surface area contributed by atoms with Gasteiger partial charge in [-0.1, -0.05) is 66.0 Å². The highest BCUT2D eigenvalue weighted by Gasteiger charge is 2.59. The fourth-order valence-electron chi connectivity index (χ4n) is 8.68. The summed E-state index contributed by atoms with van der Waals surface area (Å²) in [5, 5.41) is 10.2. The fourth-order valence-corrected chi connectivity index (χ4v) is 8.68. The van der Waals surface area contributed by atoms with Crippen LogP contribution in [0.2, 0.25) is 0 Å². The molecule has 0 aromatic rings. The van der Waals surface area contributed by atoms with Crippen molar-refractivity contribution in [3.63, 3.8) is 0 Å². The number of fused-ring (bicyclic) bond motifs is 5. The number of rotatable bonds is 5. The van der Waals surface area contributed by atoms with E-state index < -0.39 is 0 Å². The predicted octanol–water partition coefficient (Wildman–Crippen LogP) is 7.63. The van der Waals surface area contributed by atoms with E-state index in [-0.39, 0.29) is 6.10 Å². The van der Waals surface area contributed by atoms with Crippen molar-refractivity contribution in [2.45, 2.75) is 112 Å². The van der Waals surface area contributed by atoms with Gasteiger partial charge in [0.1, 0.15) is 0 Å². The molecule has 1 heteroatoms. The average Bonchev–Trinajstić information content (AvgIpc) is 3.03. The molecular formula is C28H48O. The molecule has 0 aromatic carbocycles. The maximum atomic E-state index is 10.2. The lowest BCUT2D eigenvalue weighted by Gasteiger charge is -2.58. The SMILES string of the molecule is C[C@H](CC[13C@@H](C)[C@H]1CC[13C@H]2[13C@@H]3CC=C4[13CH2][C@@H](O)CC[13C@]4(C)[C@H]3CC[C@]12C)[13CH](C)C. The Bertz CT molecular complexity index is 620. The van der Waals surface area contributed by atoms with Gasteiger partial charge in [0.2, 0.25) is 0 Å². The summed E-state index contributed by atoms with van der Waals surface area (Å²) in [6.07, 6.45) is 15.7. The highest BCUT2D eigenvalue weighted by molar-refractivity contribution is 5.25. The Morgan fingerprint density at radius 1 is 0.966 bits per heavy atom. The van der Waals surface area contributed by atoms with Gasteiger partial charge in [-0.05, 0) is 104 Å². The van der Waals surface area contributed by atoms with Crippen LogP contribution >= 0.6 is 0 Å². The van der Waals surface area contributed by atoms with Gasteiger partial charge in [0.15, 0.2) is 0 Å². The molecule has 1 N–H and O–H groups in total. The maximum Gasteiger partial charge on any atom is 0.0577 e. The van der Waals surface area contributed by atoms with Gasteiger partial charge in [0, 0.05) is 0 Å². The number of aliphatic hydroxyl groups is 1. The predicted molar refractivity (Wildman–Crippen MR) is 124 cm³/mol. The van der Waals surface area contributed by atoms with Gasteiger partial charge in [0.25, 0.3) is 0 Å². The second kappa shape index (κ2) is 7.99. The molecule has 29 heavy (non-hydrogen) atoms. The summed E-state index contributed by atoms with van der Waals surface area (Å²) < 4.78 is 0. The molecule has 3 saturated carbocycles. The Labute approximate surface area is 181 Å². The minimum atomic E-state index is -0.0790. The smallest absolute Gasteiger partial charge is 0.0577 e. The van der Waals surface area contributed by atoms with Gasteiger partial charge in [-0.3, -0.25) is 0 Å². The lowest BCUT2D eigenvalue weighted by Crippen LogP contribution is -2.50. The van der Waals surface area contributed by atoms with E-state index in [1.54, 1.807) is 5.57 Å². The summed E-state index contributed by atoms with van der Waals surface area (Å²) in [6, 6.07) is 0. The van der Waals surface area contributed by atoms with Crippen LogP contribution in [0.3, 0.4) is 0 Å². The molecule has 0 spiro atoms. The molecule has 0 heterocycles. The Balaban J connectivity index is 1.49. The topological polar surface area (TPSA) is 20.2 Å². The van der Waals surface area contributed by atoms with Gasteiger partial charge in [-0.15, -0.1) is 0 Å². The Morgan fingerprint density at radius 3 is 2.45 bits per heavy atom. The van der Waals surface area contributed by atoms with E-state index in [1.165, 1.54) is 51.4 Å². The molecular weight excluding hydrogens is 358 g/mol. The zero-order valence-corrected chi connectivity index (χ0v) is 20.2. The van der Waals surface area contributed by atoms with Crippen LogP contribution < -0.4 is 0 Å². The van der Waals surface area contributed by atoms with Crippen molar-refractivity contribution in [3.8, 4) is 0 Å². The van der Waals surface area contributed by atoms with Gasteiger partial charge in [0.05, 0.1) is 6.10 Å². The number of allylic oxidation sites excluding steroid dienone is 1. The van der Waals surface area contributed by atoms with Crippen LogP contribution in [0.1, 0.15) is 106 Å². The Hall–Kier alpha value is -0.300. The third-order valence-corrected chi connectivity index (χ3v) is 11.1. The number of aliphatic hydroxyl groups excluding tert-OH is 1. The van der Waals surface area contributed by atoms with Crippen molar-refractivity contribution in [1.29, 1.82) is 0 Å². The van der Waals surface area contributed by atoms with Crippen LogP contribution in [0.15, 0.2) is 11.6 Å². The lowest BCUT2D eigenvalue weighted by atomic mass is 9.73. The molecule has 4 aliphatic carbocycles. The minimum Gasteiger partial charge on any atom is -0.393 e. The molecule has 4 rings (SSSR count). The molecule has 0 bridgehead atoms. The third kappa shape index (κ3) is 3.66. The summed E-state index contributed by atoms with van der Waals surface area (Å²) >= 11 is 0. The summed E-state index contributed by atoms with van der Waals surface area (Å²) in [4.78, 5) is 0. The Morgan fingerprint density at radius 2 is 1.72 bits per heavy atom. The highest BCUT2D eigenvalue weighted by Crippen LogP contribution is 2.67. The van der Waals surface area contributed by atoms with Crippen molar-refractivity contribution >= 4 is 0 Å². The van der Waals surface area contributed by atoms with E-state index in [0.29, 0.717) is 10.8 Å². The van der Waals surface area contributed by atoms with Crippen molar-refractivity contribution in [1.82, 2.24) is 0 Å². The number of hydrogen-bond acceptors (Lipinski definition) is 1. The normalized spacial score (nSPS) is 46.5. The molecule has 0 aromatic heterocycles. The quantitative estimate of drug-likeness (QED) is 0.367. The van der Waals surface area contributed by atoms with Crippen molar-refractivity contribution < 1.29 is 5.11 Å². The van der Waals surface area contributed by atoms with Crippen LogP contribution in [0.25, 0.3) is 0 Å². The van der Waals surface area contributed by atoms with E-state index in [1.807, 2.05) is 0 Å². The first-order valence-corrected chi connectivity index (χ1v) is 13.0. The second-order valence-corrected chi connectivity index (χ2v) is 12.7. The van der Waals surface area contributed by atoms with Gasteiger partial charge < -0.3 is 5.11 Å². The molecule has 0 saturated heterocycles. The van der Waals surface area contributed by atoms with Crippen molar-refractivity contribution in [2.75, 3.05) is 0 Å². The first-order valence-electron chi connectivity index (χ1n) is 13.0. The first-order chi connectivity index (χ1) is 13.7. The zero-order valence-electron chi connectivity index (χ0n) is 20.2. The maximum absolute atomic E-state index is 10.2. The van der Waals surface area contributed by atoms with Crippen molar-refractivity contribution in [2.24, 2.45) is 52.3 Å². The fraction of sp³-hybridized carbons (Fsp3) is 0.929. The average molecular weight is 407 g/mol. The van der Waals surface area contributed by atoms with Gasteiger partial charge >= 0.3 is 0 Å². The molecule has 0 aliphatic heterocycles. The molecule has 166 valence electrons. The van der Waals surface area contributed by atoms with Gasteiger partial charge in [-0.25, -0.2) is 0 Å². The molecule has 4 aliphatic rings. The monoisotopic (exact) mass is 406 g/mol. The molecule has 0 amide bonds. The van der Waals surface area contributed by atoms with E-state index in [2.05, 4.69) is 47.6 Å². The van der Waals surface area contributed by atoms with Crippen molar-refractivity contribution in [3.05, 3.63) is 11.6 Å². The largest absolute Gasteiger partial charge is 0.393 e. The highest BCUT2D eigenvalue weighted by atomic mass is 16.3. The zero-order chi connectivity index (χ0) is 21.0. The lowest BCUT2D eigenvalue weighted by molar-refractivity contribution is -0.0574. The molecule has 1 nitrogen and oxygen atoms in total. The van der Waals surface area contributed by atoms with Crippen LogP contribution in [0.5, 0.6) is 0 Å². The van der Waals surface area contributed by atoms with Gasteiger partial charge in [-0.2, -0.15) is 0 Å². The van der Waals surface area contributed by atoms with Crippen LogP contribution in [0, 0.1) is 52.3 Å². The second-order valence-electron chi connectivity index (χ2n) is 12.7. The molecule has 0 radical (unpaired) electrons. The van der Waals surface area contributed by atoms with Crippen LogP contribution in [-0.4, -0.2) is 11.2 Å². The summed E-state index contributed by atoms with van der Waals surface area (Å²) in [5.41, 5.74) is 2.59. The molecule has 3 fully saturated rings. The summed E-state index contributed by atoms with van der Waals surface area (Å²) in [6.45, 7) is 15.1. The van der Waals surface area contributed by atoms with E-state index in [9.17, 15) is 5.11 Å². The molecule has 9 atom stereocenters. The standard InChI is InChI=1S/C28H48O/c1-18(2)19(3)7-8-20(4)24-11-12-25-23-10-9-21-17-22(29)13-15-27(21,5)26(23)14-16-28(24,25)6/h9,18-20,22-26,29H,7-8,10-17H2,1-6H3/t19-,20-,22+,23+,24-,25+,26+,27+,28-/m1/s1/i17+1,18+1,20+1,23+1,25+1,27+1. The van der Waals surface area contributed by atoms with Crippen LogP contribution in [0.4, 0.5) is 0 Å². The van der Waals surface area contributed by atoms with Crippen LogP contribution in [-0.2, 0) is 0 Å². The Kier molecular flexibility index (Phi) is 6.04. The van der Waals surface area contributed by atoms with E-state index >= 15 is 0 Å². The third-order valence-electron chi connectivity index (χ3n) is 11.1. The summed E-state index contributed by atoms with van der Waals surface area (Å²) in [7, 11) is 0. The summed E-state index contributed by atoms with van der Waals surface area (Å²) in [5.74, 6) is 6.24. The molecule has 0 unspecified atom stereocenters. The first kappa shape index (κ1) is 21.9. The minimum absolute atomic E-state index is 0.0790. The van der Waals surface area contributed by atoms with E-state index in [4.69, 9.17) is 0 Å². The van der Waals surface area contributed by atoms with E-state index in [0.717, 1.165) is 54.3 Å². The number of hydrogen-bond donors (Lipinski definition) is 1.